The highest BCUT2D eigenvalue weighted by Crippen LogP contribution is 2.22. The number of nitrogens with zero attached hydrogens (tertiary/aromatic N) is 3. The normalized spacial score (nSPS) is 11.7. The number of carbonyl (C=O) groups is 1. The van der Waals surface area contributed by atoms with Crippen LogP contribution >= 0.6 is 0 Å². The molecule has 0 bridgehead atoms. The van der Waals surface area contributed by atoms with E-state index in [1.165, 1.54) is 12.1 Å². The number of amides is 1. The summed E-state index contributed by atoms with van der Waals surface area (Å²) in [6.45, 7) is 0.526. The largest absolute Gasteiger partial charge is 0.497 e. The van der Waals surface area contributed by atoms with E-state index >= 15 is 0 Å². The topological polar surface area (TPSA) is 69.0 Å². The van der Waals surface area contributed by atoms with Crippen LogP contribution in [0.2, 0.25) is 0 Å². The Kier molecular flexibility index (Phi) is 6.55. The van der Waals surface area contributed by atoms with Gasteiger partial charge in [-0.25, -0.2) is 9.07 Å². The number of methoxy groups -OCH3 is 1. The molecule has 0 fully saturated rings. The summed E-state index contributed by atoms with van der Waals surface area (Å²) in [5.41, 5.74) is 3.11. The van der Waals surface area contributed by atoms with Crippen molar-refractivity contribution in [2.24, 2.45) is 0 Å². The quantitative estimate of drug-likeness (QED) is 0.455. The van der Waals surface area contributed by atoms with Crippen molar-refractivity contribution < 1.29 is 13.9 Å². The molecule has 0 spiro atoms. The predicted molar refractivity (Wildman–Crippen MR) is 119 cm³/mol. The lowest BCUT2D eigenvalue weighted by atomic mass is 9.98. The van der Waals surface area contributed by atoms with Gasteiger partial charge in [0.25, 0.3) is 5.91 Å². The monoisotopic (exact) mass is 430 g/mol. The van der Waals surface area contributed by atoms with Crippen LogP contribution < -0.4 is 10.1 Å². The molecule has 0 radical (unpaired) electrons. The Hall–Kier alpha value is -4.00. The molecule has 1 heterocycles. The Morgan fingerprint density at radius 3 is 2.41 bits per heavy atom. The van der Waals surface area contributed by atoms with Crippen LogP contribution in [0.4, 0.5) is 4.39 Å². The minimum Gasteiger partial charge on any atom is -0.497 e. The van der Waals surface area contributed by atoms with Gasteiger partial charge in [-0.2, -0.15) is 0 Å². The molecular formula is C25H23FN4O2. The zero-order chi connectivity index (χ0) is 22.3. The van der Waals surface area contributed by atoms with Crippen LogP contribution in [-0.4, -0.2) is 28.0 Å². The second-order valence-corrected chi connectivity index (χ2v) is 7.42. The first-order valence-corrected chi connectivity index (χ1v) is 10.2. The molecule has 1 unspecified atom stereocenters. The summed E-state index contributed by atoms with van der Waals surface area (Å²) in [7, 11) is 1.60. The van der Waals surface area contributed by atoms with E-state index < -0.39 is 0 Å². The average molecular weight is 430 g/mol. The third-order valence-electron chi connectivity index (χ3n) is 5.14. The van der Waals surface area contributed by atoms with Crippen molar-refractivity contribution in [2.45, 2.75) is 19.0 Å². The van der Waals surface area contributed by atoms with Crippen LogP contribution in [-0.2, 0) is 13.0 Å². The molecule has 0 saturated heterocycles. The number of hydrogen-bond donors (Lipinski definition) is 1. The third-order valence-corrected chi connectivity index (χ3v) is 5.14. The molecule has 162 valence electrons. The SMILES string of the molecule is COc1ccc(C(Cc2ccc(F)cc2)NC(=O)c2cn(Cc3ccccc3)nn2)cc1. The van der Waals surface area contributed by atoms with E-state index in [0.717, 1.165) is 22.4 Å². The fourth-order valence-corrected chi connectivity index (χ4v) is 3.43. The molecule has 1 atom stereocenters. The van der Waals surface area contributed by atoms with Gasteiger partial charge in [0.2, 0.25) is 0 Å². The third kappa shape index (κ3) is 5.37. The van der Waals surface area contributed by atoms with Gasteiger partial charge in [-0.1, -0.05) is 59.8 Å². The summed E-state index contributed by atoms with van der Waals surface area (Å²) in [5.74, 6) is 0.102. The molecular weight excluding hydrogens is 407 g/mol. The average Bonchev–Trinajstić information content (AvgIpc) is 3.29. The van der Waals surface area contributed by atoms with Crippen LogP contribution in [0.25, 0.3) is 0 Å². The Balaban J connectivity index is 1.51. The second kappa shape index (κ2) is 9.87. The summed E-state index contributed by atoms with van der Waals surface area (Å²) in [5, 5.41) is 11.2. The highest BCUT2D eigenvalue weighted by molar-refractivity contribution is 5.92. The predicted octanol–water partition coefficient (Wildman–Crippen LogP) is 4.19. The highest BCUT2D eigenvalue weighted by atomic mass is 19.1. The van der Waals surface area contributed by atoms with E-state index in [9.17, 15) is 9.18 Å². The number of carbonyl (C=O) groups excluding carboxylic acids is 1. The van der Waals surface area contributed by atoms with Crippen molar-refractivity contribution in [3.8, 4) is 5.75 Å². The van der Waals surface area contributed by atoms with E-state index in [-0.39, 0.29) is 23.5 Å². The van der Waals surface area contributed by atoms with Crippen LogP contribution in [0, 0.1) is 5.82 Å². The molecule has 1 amide bonds. The van der Waals surface area contributed by atoms with Crippen LogP contribution in [0.3, 0.4) is 0 Å². The molecule has 0 saturated carbocycles. The number of ether oxygens (including phenoxy) is 1. The second-order valence-electron chi connectivity index (χ2n) is 7.42. The van der Waals surface area contributed by atoms with Crippen molar-refractivity contribution in [2.75, 3.05) is 7.11 Å². The van der Waals surface area contributed by atoms with Gasteiger partial charge in [0.1, 0.15) is 11.6 Å². The van der Waals surface area contributed by atoms with E-state index in [2.05, 4.69) is 15.6 Å². The first kappa shape index (κ1) is 21.2. The van der Waals surface area contributed by atoms with Crippen molar-refractivity contribution in [3.05, 3.63) is 113 Å². The Morgan fingerprint density at radius 1 is 1.00 bits per heavy atom. The van der Waals surface area contributed by atoms with Crippen molar-refractivity contribution in [1.29, 1.82) is 0 Å². The first-order chi connectivity index (χ1) is 15.6. The number of aromatic nitrogens is 3. The number of nitrogens with one attached hydrogen (secondary N) is 1. The van der Waals surface area contributed by atoms with Gasteiger partial charge in [-0.05, 0) is 47.4 Å². The zero-order valence-corrected chi connectivity index (χ0v) is 17.6. The van der Waals surface area contributed by atoms with Gasteiger partial charge < -0.3 is 10.1 Å². The van der Waals surface area contributed by atoms with Gasteiger partial charge in [-0.15, -0.1) is 5.10 Å². The smallest absolute Gasteiger partial charge is 0.273 e. The fourth-order valence-electron chi connectivity index (χ4n) is 3.43. The number of halogens is 1. The van der Waals surface area contributed by atoms with Gasteiger partial charge >= 0.3 is 0 Å². The van der Waals surface area contributed by atoms with Gasteiger partial charge in [-0.3, -0.25) is 4.79 Å². The summed E-state index contributed by atoms with van der Waals surface area (Å²) in [6.07, 6.45) is 2.13. The summed E-state index contributed by atoms with van der Waals surface area (Å²) < 4.78 is 20.2. The van der Waals surface area contributed by atoms with E-state index in [1.54, 1.807) is 30.1 Å². The minimum absolute atomic E-state index is 0.235. The van der Waals surface area contributed by atoms with Crippen molar-refractivity contribution in [1.82, 2.24) is 20.3 Å². The molecule has 4 rings (SSSR count). The summed E-state index contributed by atoms with van der Waals surface area (Å²) >= 11 is 0. The van der Waals surface area contributed by atoms with Gasteiger partial charge in [0.15, 0.2) is 5.69 Å². The molecule has 0 aliphatic carbocycles. The lowest BCUT2D eigenvalue weighted by Crippen LogP contribution is -2.30. The zero-order valence-electron chi connectivity index (χ0n) is 17.6. The van der Waals surface area contributed by atoms with E-state index in [4.69, 9.17) is 4.74 Å². The lowest BCUT2D eigenvalue weighted by molar-refractivity contribution is 0.0931. The Bertz CT molecular complexity index is 1160. The van der Waals surface area contributed by atoms with Crippen molar-refractivity contribution in [3.63, 3.8) is 0 Å². The molecule has 4 aromatic rings. The van der Waals surface area contributed by atoms with Crippen LogP contribution in [0.5, 0.6) is 5.75 Å². The maximum Gasteiger partial charge on any atom is 0.273 e. The molecule has 0 aliphatic heterocycles. The molecule has 7 heteroatoms. The first-order valence-electron chi connectivity index (χ1n) is 10.2. The summed E-state index contributed by atoms with van der Waals surface area (Å²) in [6, 6.07) is 23.3. The summed E-state index contributed by atoms with van der Waals surface area (Å²) in [4.78, 5) is 12.9. The maximum absolute atomic E-state index is 13.3. The molecule has 3 aromatic carbocycles. The fraction of sp³-hybridized carbons (Fsp3) is 0.160. The minimum atomic E-state index is -0.335. The maximum atomic E-state index is 13.3. The van der Waals surface area contributed by atoms with Gasteiger partial charge in [0, 0.05) is 0 Å². The molecule has 6 nitrogen and oxygen atoms in total. The standard InChI is InChI=1S/C25H23FN4O2/c1-32-22-13-9-20(10-14-22)23(15-18-7-11-21(26)12-8-18)27-25(31)24-17-30(29-28-24)16-19-5-3-2-4-6-19/h2-14,17,23H,15-16H2,1H3,(H,27,31). The molecule has 0 aliphatic rings. The molecule has 1 N–H and O–H groups in total. The Morgan fingerprint density at radius 2 is 1.72 bits per heavy atom. The van der Waals surface area contributed by atoms with E-state index in [0.29, 0.717) is 13.0 Å². The van der Waals surface area contributed by atoms with Crippen LogP contribution in [0.1, 0.15) is 33.2 Å². The van der Waals surface area contributed by atoms with Crippen LogP contribution in [0.15, 0.2) is 85.1 Å². The number of rotatable bonds is 8. The van der Waals surface area contributed by atoms with Crippen molar-refractivity contribution >= 4 is 5.91 Å². The number of hydrogen-bond acceptors (Lipinski definition) is 4. The molecule has 1 aromatic heterocycles. The van der Waals surface area contributed by atoms with Gasteiger partial charge in [0.05, 0.1) is 25.9 Å². The highest BCUT2D eigenvalue weighted by Gasteiger charge is 2.19. The van der Waals surface area contributed by atoms with E-state index in [1.807, 2.05) is 54.6 Å². The number of benzene rings is 3. The molecule has 32 heavy (non-hydrogen) atoms. The Labute approximate surface area is 185 Å². The lowest BCUT2D eigenvalue weighted by Gasteiger charge is -2.19.